The lowest BCUT2D eigenvalue weighted by Gasteiger charge is -2.21. The highest BCUT2D eigenvalue weighted by atomic mass is 31.2. The first-order valence-electron chi connectivity index (χ1n) is 5.87. The van der Waals surface area contributed by atoms with Gasteiger partial charge in [-0.05, 0) is 18.6 Å². The van der Waals surface area contributed by atoms with E-state index in [9.17, 15) is 4.79 Å². The van der Waals surface area contributed by atoms with Crippen LogP contribution < -0.4 is 5.30 Å². The van der Waals surface area contributed by atoms with Crippen LogP contribution in [0.1, 0.15) is 12.8 Å². The Morgan fingerprint density at radius 2 is 2.12 bits per heavy atom. The zero-order valence-corrected chi connectivity index (χ0v) is 11.1. The van der Waals surface area contributed by atoms with Crippen LogP contribution in [0.2, 0.25) is 0 Å². The Morgan fingerprint density at radius 3 is 2.65 bits per heavy atom. The number of carbonyl (C=O) groups is 1. The van der Waals surface area contributed by atoms with Gasteiger partial charge in [0.15, 0.2) is 6.16 Å². The Kier molecular flexibility index (Phi) is 3.63. The average Bonchev–Trinajstić information content (AvgIpc) is 2.73. The summed E-state index contributed by atoms with van der Waals surface area (Å²) in [5.74, 6) is -0.106. The van der Waals surface area contributed by atoms with E-state index in [0.29, 0.717) is 6.16 Å². The molecule has 2 nitrogen and oxygen atoms in total. The van der Waals surface area contributed by atoms with E-state index in [0.717, 1.165) is 19.0 Å². The molecule has 1 aromatic carbocycles. The number of esters is 1. The summed E-state index contributed by atoms with van der Waals surface area (Å²) in [5.41, 5.74) is 0. The number of allylic oxidation sites excluding steroid dienone is 1. The lowest BCUT2D eigenvalue weighted by molar-refractivity contribution is -0.137. The molecule has 1 atom stereocenters. The van der Waals surface area contributed by atoms with Gasteiger partial charge in [0.2, 0.25) is 0 Å². The zero-order chi connectivity index (χ0) is 12.3. The molecule has 0 N–H and O–H groups in total. The van der Waals surface area contributed by atoms with E-state index in [2.05, 4.69) is 18.7 Å². The van der Waals surface area contributed by atoms with Crippen LogP contribution in [0.25, 0.3) is 0 Å². The van der Waals surface area contributed by atoms with Crippen LogP contribution in [0, 0.1) is 0 Å². The van der Waals surface area contributed by atoms with Crippen molar-refractivity contribution in [3.63, 3.8) is 0 Å². The predicted octanol–water partition coefficient (Wildman–Crippen LogP) is 2.81. The van der Waals surface area contributed by atoms with E-state index >= 15 is 0 Å². The van der Waals surface area contributed by atoms with Gasteiger partial charge in [-0.25, -0.2) is 4.79 Å². The molecule has 1 fully saturated rings. The van der Waals surface area contributed by atoms with Crippen molar-refractivity contribution >= 4 is 18.5 Å². The Balaban J connectivity index is 2.38. The second-order valence-electron chi connectivity index (χ2n) is 4.43. The SMILES string of the molecule is C=C1CCC[P+]1(CC(=O)OC)c1ccccc1. The average molecular weight is 249 g/mol. The van der Waals surface area contributed by atoms with E-state index in [1.165, 1.54) is 17.7 Å². The summed E-state index contributed by atoms with van der Waals surface area (Å²) in [4.78, 5) is 11.7. The molecule has 1 heterocycles. The van der Waals surface area contributed by atoms with Gasteiger partial charge in [-0.2, -0.15) is 0 Å². The number of benzene rings is 1. The number of ether oxygens (including phenoxy) is 1. The Hall–Kier alpha value is -1.14. The molecule has 90 valence electrons. The monoisotopic (exact) mass is 249 g/mol. The van der Waals surface area contributed by atoms with Crippen molar-refractivity contribution in [1.29, 1.82) is 0 Å². The van der Waals surface area contributed by atoms with Gasteiger partial charge in [0.25, 0.3) is 0 Å². The van der Waals surface area contributed by atoms with Gasteiger partial charge in [0, 0.05) is 6.42 Å². The fourth-order valence-electron chi connectivity index (χ4n) is 2.52. The highest BCUT2D eigenvalue weighted by molar-refractivity contribution is 7.87. The van der Waals surface area contributed by atoms with Crippen molar-refractivity contribution in [3.05, 3.63) is 42.2 Å². The zero-order valence-electron chi connectivity index (χ0n) is 10.2. The number of carbonyl (C=O) groups excluding carboxylic acids is 1. The quantitative estimate of drug-likeness (QED) is 0.608. The molecule has 0 saturated carbocycles. The summed E-state index contributed by atoms with van der Waals surface area (Å²) in [6.45, 7) is 4.21. The molecule has 0 bridgehead atoms. The summed E-state index contributed by atoms with van der Waals surface area (Å²) in [5, 5.41) is 2.57. The van der Waals surface area contributed by atoms with Crippen molar-refractivity contribution in [1.82, 2.24) is 0 Å². The maximum Gasteiger partial charge on any atom is 0.344 e. The van der Waals surface area contributed by atoms with Gasteiger partial charge in [0.05, 0.1) is 31.2 Å². The third kappa shape index (κ3) is 2.28. The minimum atomic E-state index is -1.53. The lowest BCUT2D eigenvalue weighted by Crippen LogP contribution is -2.20. The van der Waals surface area contributed by atoms with Crippen LogP contribution >= 0.6 is 7.26 Å². The molecule has 17 heavy (non-hydrogen) atoms. The fourth-order valence-corrected chi connectivity index (χ4v) is 6.62. The molecule has 1 unspecified atom stereocenters. The Bertz CT molecular complexity index is 427. The standard InChI is InChI=1S/C14H18O2P/c1-12-7-6-10-17(12,11-14(15)16-2)13-8-4-3-5-9-13/h3-5,8-9H,1,6-7,10-11H2,2H3/q+1. The minimum Gasteiger partial charge on any atom is -0.466 e. The van der Waals surface area contributed by atoms with Gasteiger partial charge in [-0.1, -0.05) is 24.8 Å². The smallest absolute Gasteiger partial charge is 0.344 e. The van der Waals surface area contributed by atoms with Crippen LogP contribution in [0.15, 0.2) is 42.2 Å². The third-order valence-electron chi connectivity index (χ3n) is 3.49. The largest absolute Gasteiger partial charge is 0.466 e. The van der Waals surface area contributed by atoms with Crippen LogP contribution in [0.5, 0.6) is 0 Å². The first-order chi connectivity index (χ1) is 8.19. The summed E-state index contributed by atoms with van der Waals surface area (Å²) in [6.07, 6.45) is 3.83. The highest BCUT2D eigenvalue weighted by Gasteiger charge is 2.49. The van der Waals surface area contributed by atoms with Crippen molar-refractivity contribution in [2.45, 2.75) is 12.8 Å². The molecule has 0 amide bonds. The van der Waals surface area contributed by atoms with E-state index in [1.54, 1.807) is 0 Å². The van der Waals surface area contributed by atoms with Gasteiger partial charge >= 0.3 is 5.97 Å². The first-order valence-corrected chi connectivity index (χ1v) is 8.03. The van der Waals surface area contributed by atoms with E-state index in [4.69, 9.17) is 4.74 Å². The summed E-state index contributed by atoms with van der Waals surface area (Å²) >= 11 is 0. The van der Waals surface area contributed by atoms with E-state index in [-0.39, 0.29) is 5.97 Å². The molecule has 1 aromatic rings. The fraction of sp³-hybridized carbons (Fsp3) is 0.357. The maximum absolute atomic E-state index is 11.7. The minimum absolute atomic E-state index is 0.106. The molecule has 0 spiro atoms. The van der Waals surface area contributed by atoms with Crippen molar-refractivity contribution in [2.75, 3.05) is 19.4 Å². The predicted molar refractivity (Wildman–Crippen MR) is 73.1 cm³/mol. The molecular weight excluding hydrogens is 231 g/mol. The highest BCUT2D eigenvalue weighted by Crippen LogP contribution is 2.69. The van der Waals surface area contributed by atoms with Crippen LogP contribution in [0.3, 0.4) is 0 Å². The Morgan fingerprint density at radius 1 is 1.41 bits per heavy atom. The maximum atomic E-state index is 11.7. The van der Waals surface area contributed by atoms with Gasteiger partial charge in [0.1, 0.15) is 0 Å². The second kappa shape index (κ2) is 5.01. The molecule has 0 aliphatic carbocycles. The number of hydrogen-bond donors (Lipinski definition) is 0. The molecule has 2 rings (SSSR count). The van der Waals surface area contributed by atoms with Gasteiger partial charge < -0.3 is 4.74 Å². The van der Waals surface area contributed by atoms with Crippen LogP contribution in [-0.4, -0.2) is 25.4 Å². The molecule has 1 aliphatic rings. The summed E-state index contributed by atoms with van der Waals surface area (Å²) in [6, 6.07) is 10.4. The molecule has 1 saturated heterocycles. The molecule has 0 aromatic heterocycles. The summed E-state index contributed by atoms with van der Waals surface area (Å²) in [7, 11) is -0.0709. The van der Waals surface area contributed by atoms with Crippen LogP contribution in [0.4, 0.5) is 0 Å². The number of hydrogen-bond acceptors (Lipinski definition) is 2. The van der Waals surface area contributed by atoms with Gasteiger partial charge in [-0.3, -0.25) is 0 Å². The molecule has 3 heteroatoms. The molecule has 1 aliphatic heterocycles. The normalized spacial score (nSPS) is 23.7. The van der Waals surface area contributed by atoms with Crippen molar-refractivity contribution in [3.8, 4) is 0 Å². The number of methoxy groups -OCH3 is 1. The lowest BCUT2D eigenvalue weighted by atomic mass is 10.3. The third-order valence-corrected chi connectivity index (χ3v) is 8.09. The summed E-state index contributed by atoms with van der Waals surface area (Å²) < 4.78 is 4.85. The van der Waals surface area contributed by atoms with Gasteiger partial charge in [-0.15, -0.1) is 0 Å². The number of rotatable bonds is 3. The first kappa shape index (κ1) is 12.3. The van der Waals surface area contributed by atoms with E-state index < -0.39 is 7.26 Å². The molecule has 0 radical (unpaired) electrons. The van der Waals surface area contributed by atoms with Crippen molar-refractivity contribution < 1.29 is 9.53 Å². The Labute approximate surface area is 103 Å². The molecular formula is C14H18O2P+. The van der Waals surface area contributed by atoms with Crippen molar-refractivity contribution in [2.24, 2.45) is 0 Å². The second-order valence-corrected chi connectivity index (χ2v) is 8.28. The van der Waals surface area contributed by atoms with Crippen LogP contribution in [-0.2, 0) is 9.53 Å². The van der Waals surface area contributed by atoms with E-state index in [1.807, 2.05) is 18.2 Å². The topological polar surface area (TPSA) is 26.3 Å².